The molecule has 0 bridgehead atoms. The fourth-order valence-electron chi connectivity index (χ4n) is 4.01. The number of aliphatic imine (C=N–C) groups is 1. The van der Waals surface area contributed by atoms with Gasteiger partial charge in [-0.05, 0) is 49.0 Å². The van der Waals surface area contributed by atoms with Gasteiger partial charge in [-0.25, -0.2) is 9.98 Å². The van der Waals surface area contributed by atoms with Crippen LogP contribution >= 0.6 is 24.0 Å². The van der Waals surface area contributed by atoms with Crippen molar-refractivity contribution in [3.8, 4) is 0 Å². The average molecular weight is 517 g/mol. The molecule has 30 heavy (non-hydrogen) atoms. The highest BCUT2D eigenvalue weighted by atomic mass is 127. The van der Waals surface area contributed by atoms with Crippen LogP contribution in [0.3, 0.4) is 0 Å². The van der Waals surface area contributed by atoms with E-state index >= 15 is 0 Å². The third-order valence-electron chi connectivity index (χ3n) is 5.64. The number of pyridine rings is 1. The molecule has 4 rings (SSSR count). The summed E-state index contributed by atoms with van der Waals surface area (Å²) in [4.78, 5) is 14.2. The Morgan fingerprint density at radius 3 is 2.50 bits per heavy atom. The van der Waals surface area contributed by atoms with Crippen LogP contribution in [0.4, 0.5) is 5.82 Å². The van der Waals surface area contributed by atoms with Crippen LogP contribution in [-0.2, 0) is 6.54 Å². The van der Waals surface area contributed by atoms with Crippen molar-refractivity contribution in [1.82, 2.24) is 15.2 Å². The van der Waals surface area contributed by atoms with Crippen LogP contribution in [0, 0.1) is 0 Å². The van der Waals surface area contributed by atoms with E-state index in [9.17, 15) is 0 Å². The van der Waals surface area contributed by atoms with Crippen LogP contribution < -0.4 is 10.2 Å². The first-order valence-corrected chi connectivity index (χ1v) is 10.8. The first-order valence-electron chi connectivity index (χ1n) is 10.8. The van der Waals surface area contributed by atoms with Gasteiger partial charge in [-0.15, -0.1) is 24.0 Å². The normalized spacial score (nSPS) is 16.8. The summed E-state index contributed by atoms with van der Waals surface area (Å²) in [5.74, 6) is 2.08. The molecule has 1 saturated heterocycles. The van der Waals surface area contributed by atoms with Gasteiger partial charge in [0.2, 0.25) is 0 Å². The summed E-state index contributed by atoms with van der Waals surface area (Å²) in [6, 6.07) is 15.0. The van der Waals surface area contributed by atoms with E-state index in [-0.39, 0.29) is 24.0 Å². The van der Waals surface area contributed by atoms with E-state index in [1.807, 2.05) is 6.20 Å². The van der Waals surface area contributed by atoms with Crippen LogP contribution in [0.1, 0.15) is 37.3 Å². The Morgan fingerprint density at radius 1 is 1.07 bits per heavy atom. The number of anilines is 1. The minimum absolute atomic E-state index is 0. The molecule has 0 saturated carbocycles. The fraction of sp³-hybridized carbons (Fsp3) is 0.417. The standard InChI is InChI=1S/C24H31N5.HI/c1-2-25-24(29-16-12-22(13-17-29)21-8-4-3-5-9-21)27-19-20-10-11-23(26-18-20)28-14-6-7-15-28;/h3-5,8-12,18H,2,6-7,13-17,19H2,1H3,(H,25,27);1H. The molecule has 0 unspecified atom stereocenters. The van der Waals surface area contributed by atoms with E-state index in [1.165, 1.54) is 24.0 Å². The summed E-state index contributed by atoms with van der Waals surface area (Å²) in [6.07, 6.45) is 7.90. The van der Waals surface area contributed by atoms with E-state index in [1.54, 1.807) is 0 Å². The van der Waals surface area contributed by atoms with Crippen LogP contribution in [0.15, 0.2) is 59.7 Å². The fourth-order valence-corrected chi connectivity index (χ4v) is 4.01. The van der Waals surface area contributed by atoms with E-state index in [0.29, 0.717) is 6.54 Å². The summed E-state index contributed by atoms with van der Waals surface area (Å²) in [7, 11) is 0. The van der Waals surface area contributed by atoms with Crippen LogP contribution in [0.5, 0.6) is 0 Å². The van der Waals surface area contributed by atoms with Crippen molar-refractivity contribution in [2.45, 2.75) is 32.7 Å². The molecule has 0 radical (unpaired) electrons. The smallest absolute Gasteiger partial charge is 0.194 e. The van der Waals surface area contributed by atoms with Crippen molar-refractivity contribution in [3.63, 3.8) is 0 Å². The summed E-state index contributed by atoms with van der Waals surface area (Å²) in [5.41, 5.74) is 3.92. The molecule has 1 N–H and O–H groups in total. The molecule has 1 aromatic heterocycles. The molecule has 6 heteroatoms. The largest absolute Gasteiger partial charge is 0.357 e. The SMILES string of the molecule is CCNC(=NCc1ccc(N2CCCC2)nc1)N1CC=C(c2ccccc2)CC1.I. The minimum Gasteiger partial charge on any atom is -0.357 e. The number of nitrogens with zero attached hydrogens (tertiary/aromatic N) is 4. The lowest BCUT2D eigenvalue weighted by molar-refractivity contribution is 0.440. The molecule has 5 nitrogen and oxygen atoms in total. The lowest BCUT2D eigenvalue weighted by Gasteiger charge is -2.30. The van der Waals surface area contributed by atoms with Gasteiger partial charge in [-0.1, -0.05) is 42.5 Å². The van der Waals surface area contributed by atoms with Crippen molar-refractivity contribution in [3.05, 3.63) is 65.9 Å². The van der Waals surface area contributed by atoms with Gasteiger partial charge in [0.1, 0.15) is 5.82 Å². The Balaban J connectivity index is 0.00000256. The quantitative estimate of drug-likeness (QED) is 0.359. The molecule has 2 aliphatic heterocycles. The molecule has 2 aromatic rings. The van der Waals surface area contributed by atoms with Gasteiger partial charge in [0.15, 0.2) is 5.96 Å². The number of rotatable bonds is 5. The highest BCUT2D eigenvalue weighted by Gasteiger charge is 2.16. The molecule has 3 heterocycles. The minimum atomic E-state index is 0. The van der Waals surface area contributed by atoms with Crippen molar-refractivity contribution >= 4 is 41.3 Å². The first-order chi connectivity index (χ1) is 14.3. The number of benzene rings is 1. The predicted octanol–water partition coefficient (Wildman–Crippen LogP) is 4.55. The third kappa shape index (κ3) is 5.74. The number of guanidine groups is 1. The van der Waals surface area contributed by atoms with Gasteiger partial charge >= 0.3 is 0 Å². The highest BCUT2D eigenvalue weighted by Crippen LogP contribution is 2.22. The molecular weight excluding hydrogens is 485 g/mol. The Morgan fingerprint density at radius 2 is 1.87 bits per heavy atom. The molecular formula is C24H32IN5. The topological polar surface area (TPSA) is 43.8 Å². The second kappa shape index (κ2) is 11.3. The number of hydrogen-bond donors (Lipinski definition) is 1. The molecule has 160 valence electrons. The maximum absolute atomic E-state index is 4.88. The van der Waals surface area contributed by atoms with E-state index in [2.05, 4.69) is 75.6 Å². The predicted molar refractivity (Wildman–Crippen MR) is 137 cm³/mol. The van der Waals surface area contributed by atoms with E-state index in [0.717, 1.165) is 56.5 Å². The first kappa shape index (κ1) is 22.6. The van der Waals surface area contributed by atoms with Crippen LogP contribution in [0.2, 0.25) is 0 Å². The lowest BCUT2D eigenvalue weighted by atomic mass is 10.00. The van der Waals surface area contributed by atoms with Gasteiger partial charge in [0, 0.05) is 38.9 Å². The Hall–Kier alpha value is -2.09. The lowest BCUT2D eigenvalue weighted by Crippen LogP contribution is -2.43. The van der Waals surface area contributed by atoms with Gasteiger partial charge in [0.05, 0.1) is 6.54 Å². The van der Waals surface area contributed by atoms with Gasteiger partial charge in [-0.3, -0.25) is 0 Å². The summed E-state index contributed by atoms with van der Waals surface area (Å²) in [6.45, 7) is 7.78. The van der Waals surface area contributed by atoms with E-state index in [4.69, 9.17) is 4.99 Å². The van der Waals surface area contributed by atoms with Gasteiger partial charge in [-0.2, -0.15) is 0 Å². The van der Waals surface area contributed by atoms with Crippen molar-refractivity contribution < 1.29 is 0 Å². The maximum Gasteiger partial charge on any atom is 0.194 e. The Kier molecular flexibility index (Phi) is 8.54. The zero-order valence-corrected chi connectivity index (χ0v) is 20.1. The third-order valence-corrected chi connectivity index (χ3v) is 5.64. The molecule has 0 amide bonds. The Bertz CT molecular complexity index is 842. The number of aromatic nitrogens is 1. The molecule has 0 atom stereocenters. The number of halogens is 1. The summed E-state index contributed by atoms with van der Waals surface area (Å²) in [5, 5.41) is 3.45. The monoisotopic (exact) mass is 517 g/mol. The second-order valence-corrected chi connectivity index (χ2v) is 7.68. The summed E-state index contributed by atoms with van der Waals surface area (Å²) >= 11 is 0. The van der Waals surface area contributed by atoms with Crippen molar-refractivity contribution in [2.75, 3.05) is 37.6 Å². The van der Waals surface area contributed by atoms with Crippen LogP contribution in [-0.4, -0.2) is 48.6 Å². The molecule has 1 aromatic carbocycles. The Labute approximate surface area is 197 Å². The second-order valence-electron chi connectivity index (χ2n) is 7.68. The van der Waals surface area contributed by atoms with Crippen molar-refractivity contribution in [2.24, 2.45) is 4.99 Å². The molecule has 0 spiro atoms. The average Bonchev–Trinajstić information content (AvgIpc) is 3.33. The van der Waals surface area contributed by atoms with E-state index < -0.39 is 0 Å². The zero-order valence-electron chi connectivity index (χ0n) is 17.8. The maximum atomic E-state index is 4.88. The summed E-state index contributed by atoms with van der Waals surface area (Å²) < 4.78 is 0. The molecule has 2 aliphatic rings. The molecule has 1 fully saturated rings. The number of hydrogen-bond acceptors (Lipinski definition) is 3. The van der Waals surface area contributed by atoms with Gasteiger partial charge < -0.3 is 15.1 Å². The number of nitrogens with one attached hydrogen (secondary N) is 1. The van der Waals surface area contributed by atoms with Gasteiger partial charge in [0.25, 0.3) is 0 Å². The zero-order chi connectivity index (χ0) is 19.9. The molecule has 0 aliphatic carbocycles. The highest BCUT2D eigenvalue weighted by molar-refractivity contribution is 14.0. The van der Waals surface area contributed by atoms with Crippen molar-refractivity contribution in [1.29, 1.82) is 0 Å². The van der Waals surface area contributed by atoms with Crippen LogP contribution in [0.25, 0.3) is 5.57 Å².